The Morgan fingerprint density at radius 3 is 2.84 bits per heavy atom. The summed E-state index contributed by atoms with van der Waals surface area (Å²) in [4.78, 5) is 8.56. The van der Waals surface area contributed by atoms with Crippen LogP contribution in [0.15, 0.2) is 65.2 Å². The van der Waals surface area contributed by atoms with Crippen molar-refractivity contribution in [1.82, 2.24) is 9.97 Å². The maximum absolute atomic E-state index is 13.0. The molecule has 0 saturated carbocycles. The molecule has 6 heteroatoms. The lowest BCUT2D eigenvalue weighted by molar-refractivity contribution is 0.151. The fourth-order valence-electron chi connectivity index (χ4n) is 2.78. The molecule has 0 N–H and O–H groups in total. The van der Waals surface area contributed by atoms with E-state index in [1.807, 2.05) is 0 Å². The third kappa shape index (κ3) is 3.07. The van der Waals surface area contributed by atoms with Crippen LogP contribution in [0.5, 0.6) is 0 Å². The molecule has 1 aliphatic carbocycles. The topological polar surface area (TPSA) is 38.9 Å². The van der Waals surface area contributed by atoms with E-state index in [9.17, 15) is 13.2 Å². The summed E-state index contributed by atoms with van der Waals surface area (Å²) in [5.41, 5.74) is 1.91. The fraction of sp³-hybridized carbons (Fsp3) is 0.158. The highest BCUT2D eigenvalue weighted by atomic mass is 19.3. The van der Waals surface area contributed by atoms with E-state index in [4.69, 9.17) is 4.42 Å². The van der Waals surface area contributed by atoms with E-state index in [1.165, 1.54) is 30.7 Å². The molecule has 0 spiro atoms. The molecule has 0 amide bonds. The highest BCUT2D eigenvalue weighted by Gasteiger charge is 2.18. The molecule has 126 valence electrons. The molecule has 0 saturated heterocycles. The maximum atomic E-state index is 13.0. The smallest absolute Gasteiger partial charge is 0.265 e. The lowest BCUT2D eigenvalue weighted by atomic mass is 10.0. The number of nitrogens with zero attached hydrogens (tertiary/aromatic N) is 2. The predicted octanol–water partition coefficient (Wildman–Crippen LogP) is 5.72. The van der Waals surface area contributed by atoms with Crippen LogP contribution in [0.4, 0.5) is 13.2 Å². The first-order chi connectivity index (χ1) is 12.1. The van der Waals surface area contributed by atoms with Gasteiger partial charge in [-0.25, -0.2) is 18.2 Å². The molecule has 3 nitrogen and oxygen atoms in total. The first kappa shape index (κ1) is 15.6. The molecule has 2 heterocycles. The Morgan fingerprint density at radius 2 is 2.08 bits per heavy atom. The average molecular weight is 342 g/mol. The van der Waals surface area contributed by atoms with Gasteiger partial charge in [-0.1, -0.05) is 18.2 Å². The van der Waals surface area contributed by atoms with Crippen molar-refractivity contribution in [2.75, 3.05) is 0 Å². The van der Waals surface area contributed by atoms with Crippen LogP contribution in [-0.4, -0.2) is 9.97 Å². The average Bonchev–Trinajstić information content (AvgIpc) is 3.11. The molecule has 0 bridgehead atoms. The Kier molecular flexibility index (Phi) is 3.87. The lowest BCUT2D eigenvalue weighted by Crippen LogP contribution is -1.97. The van der Waals surface area contributed by atoms with Crippen molar-refractivity contribution in [3.8, 4) is 11.3 Å². The highest BCUT2D eigenvalue weighted by Crippen LogP contribution is 2.30. The summed E-state index contributed by atoms with van der Waals surface area (Å²) in [6, 6.07) is 6.73. The molecular weight excluding hydrogens is 329 g/mol. The Bertz CT molecular complexity index is 991. The number of pyridine rings is 1. The number of fused-ring (bicyclic) bond motifs is 1. The van der Waals surface area contributed by atoms with Gasteiger partial charge in [0.25, 0.3) is 6.43 Å². The number of oxazole rings is 1. The Labute approximate surface area is 141 Å². The van der Waals surface area contributed by atoms with Crippen molar-refractivity contribution in [3.05, 3.63) is 72.2 Å². The molecule has 0 fully saturated rings. The Morgan fingerprint density at radius 1 is 1.20 bits per heavy atom. The Balaban J connectivity index is 1.64. The van der Waals surface area contributed by atoms with Crippen LogP contribution in [0.2, 0.25) is 0 Å². The van der Waals surface area contributed by atoms with Crippen LogP contribution in [0.1, 0.15) is 30.2 Å². The quantitative estimate of drug-likeness (QED) is 0.611. The molecule has 1 atom stereocenters. The second-order valence-corrected chi connectivity index (χ2v) is 5.84. The number of benzene rings is 1. The van der Waals surface area contributed by atoms with Gasteiger partial charge < -0.3 is 4.42 Å². The second kappa shape index (κ2) is 6.20. The summed E-state index contributed by atoms with van der Waals surface area (Å²) in [6.07, 6.45) is 5.28. The standard InChI is InChI=1S/C19H13F3N2O/c20-15-5-3-11(4-6-15)19-24-17(10-25-19)13-2-1-12-7-14(18(21)22)9-23-16(12)8-13/h1-3,5-11,18H,4H2. The molecule has 1 aliphatic rings. The molecule has 2 aromatic heterocycles. The van der Waals surface area contributed by atoms with Crippen LogP contribution in [-0.2, 0) is 0 Å². The van der Waals surface area contributed by atoms with E-state index in [0.717, 1.165) is 5.56 Å². The number of rotatable bonds is 3. The first-order valence-corrected chi connectivity index (χ1v) is 7.77. The molecule has 1 aromatic carbocycles. The van der Waals surface area contributed by atoms with E-state index in [1.54, 1.807) is 24.3 Å². The van der Waals surface area contributed by atoms with Gasteiger partial charge in [-0.2, -0.15) is 0 Å². The molecular formula is C19H13F3N2O. The van der Waals surface area contributed by atoms with Crippen molar-refractivity contribution in [2.45, 2.75) is 18.8 Å². The van der Waals surface area contributed by atoms with E-state index in [-0.39, 0.29) is 17.3 Å². The van der Waals surface area contributed by atoms with Crippen molar-refractivity contribution >= 4 is 10.9 Å². The van der Waals surface area contributed by atoms with Crippen molar-refractivity contribution < 1.29 is 17.6 Å². The molecule has 4 rings (SSSR count). The monoisotopic (exact) mass is 342 g/mol. The van der Waals surface area contributed by atoms with Gasteiger partial charge in [0.2, 0.25) is 5.89 Å². The normalized spacial score (nSPS) is 17.3. The number of allylic oxidation sites excluding steroid dienone is 4. The van der Waals surface area contributed by atoms with Gasteiger partial charge in [0.05, 0.1) is 11.4 Å². The number of alkyl halides is 2. The predicted molar refractivity (Wildman–Crippen MR) is 87.9 cm³/mol. The van der Waals surface area contributed by atoms with Gasteiger partial charge in [0.1, 0.15) is 17.8 Å². The molecule has 3 aromatic rings. The number of aromatic nitrogens is 2. The maximum Gasteiger partial charge on any atom is 0.265 e. The highest BCUT2D eigenvalue weighted by molar-refractivity contribution is 5.83. The third-order valence-electron chi connectivity index (χ3n) is 4.15. The minimum Gasteiger partial charge on any atom is -0.448 e. The first-order valence-electron chi connectivity index (χ1n) is 7.77. The van der Waals surface area contributed by atoms with E-state index < -0.39 is 6.43 Å². The Hall–Kier alpha value is -2.89. The van der Waals surface area contributed by atoms with Gasteiger partial charge in [-0.3, -0.25) is 4.98 Å². The van der Waals surface area contributed by atoms with Gasteiger partial charge in [-0.05, 0) is 30.7 Å². The summed E-state index contributed by atoms with van der Waals surface area (Å²) in [5, 5.41) is 0.640. The van der Waals surface area contributed by atoms with E-state index >= 15 is 0 Å². The summed E-state index contributed by atoms with van der Waals surface area (Å²) < 4.78 is 44.1. The second-order valence-electron chi connectivity index (χ2n) is 5.84. The van der Waals surface area contributed by atoms with Gasteiger partial charge in [0.15, 0.2) is 0 Å². The number of hydrogen-bond acceptors (Lipinski definition) is 3. The fourth-order valence-corrected chi connectivity index (χ4v) is 2.78. The van der Waals surface area contributed by atoms with Gasteiger partial charge in [-0.15, -0.1) is 0 Å². The zero-order chi connectivity index (χ0) is 17.4. The van der Waals surface area contributed by atoms with Crippen molar-refractivity contribution in [2.24, 2.45) is 0 Å². The van der Waals surface area contributed by atoms with E-state index in [0.29, 0.717) is 28.9 Å². The SMILES string of the molecule is FC1=CCC(c2nc(-c3ccc4cc(C(F)F)cnc4c3)co2)C=C1. The lowest BCUT2D eigenvalue weighted by Gasteiger charge is -2.08. The van der Waals surface area contributed by atoms with Crippen LogP contribution in [0, 0.1) is 0 Å². The van der Waals surface area contributed by atoms with Crippen LogP contribution < -0.4 is 0 Å². The summed E-state index contributed by atoms with van der Waals surface area (Å²) in [5.74, 6) is 0.156. The van der Waals surface area contributed by atoms with Crippen LogP contribution in [0.3, 0.4) is 0 Å². The number of hydrogen-bond donors (Lipinski definition) is 0. The largest absolute Gasteiger partial charge is 0.448 e. The van der Waals surface area contributed by atoms with Crippen molar-refractivity contribution in [1.29, 1.82) is 0 Å². The molecule has 25 heavy (non-hydrogen) atoms. The minimum atomic E-state index is -2.54. The summed E-state index contributed by atoms with van der Waals surface area (Å²) in [7, 11) is 0. The zero-order valence-electron chi connectivity index (χ0n) is 13.0. The molecule has 1 unspecified atom stereocenters. The summed E-state index contributed by atoms with van der Waals surface area (Å²) >= 11 is 0. The molecule has 0 radical (unpaired) electrons. The van der Waals surface area contributed by atoms with E-state index in [2.05, 4.69) is 9.97 Å². The van der Waals surface area contributed by atoms with Gasteiger partial charge in [0, 0.05) is 22.7 Å². The van der Waals surface area contributed by atoms with Crippen LogP contribution in [0.25, 0.3) is 22.2 Å². The van der Waals surface area contributed by atoms with Gasteiger partial charge >= 0.3 is 0 Å². The number of halogens is 3. The third-order valence-corrected chi connectivity index (χ3v) is 4.15. The van der Waals surface area contributed by atoms with Crippen molar-refractivity contribution in [3.63, 3.8) is 0 Å². The minimum absolute atomic E-state index is 0.0968. The van der Waals surface area contributed by atoms with Crippen LogP contribution >= 0.6 is 0 Å². The summed E-state index contributed by atoms with van der Waals surface area (Å²) in [6.45, 7) is 0. The zero-order valence-corrected chi connectivity index (χ0v) is 13.0. The molecule has 0 aliphatic heterocycles.